The normalized spacial score (nSPS) is 12.7. The summed E-state index contributed by atoms with van der Waals surface area (Å²) in [6.07, 6.45) is 5.05. The largest absolute Gasteiger partial charge is 0.240 e. The summed E-state index contributed by atoms with van der Waals surface area (Å²) in [5.74, 6) is 0. The molecule has 3 nitrogen and oxygen atoms in total. The molecule has 24 heavy (non-hydrogen) atoms. The van der Waals surface area contributed by atoms with Crippen molar-refractivity contribution in [1.29, 1.82) is 0 Å². The molecule has 2 aromatic carbocycles. The minimum Gasteiger partial charge on any atom is -0.208 e. The molecule has 0 heterocycles. The number of nitrogens with one attached hydrogen (secondary N) is 1. The van der Waals surface area contributed by atoms with Gasteiger partial charge in [0.15, 0.2) is 0 Å². The highest BCUT2D eigenvalue weighted by Crippen LogP contribution is 2.14. The topological polar surface area (TPSA) is 46.2 Å². The molecule has 1 atom stereocenters. The predicted octanol–water partition coefficient (Wildman–Crippen LogP) is 4.24. The second-order valence-corrected chi connectivity index (χ2v) is 7.75. The average Bonchev–Trinajstić information content (AvgIpc) is 2.56. The van der Waals surface area contributed by atoms with Crippen molar-refractivity contribution in [3.05, 3.63) is 78.4 Å². The van der Waals surface area contributed by atoms with Crippen molar-refractivity contribution in [2.45, 2.75) is 43.5 Å². The lowest BCUT2D eigenvalue weighted by atomic mass is 10.0. The van der Waals surface area contributed by atoms with Crippen molar-refractivity contribution in [3.8, 4) is 0 Å². The molecule has 4 heteroatoms. The summed E-state index contributed by atoms with van der Waals surface area (Å²) in [5.41, 5.74) is 2.32. The van der Waals surface area contributed by atoms with Crippen molar-refractivity contribution < 1.29 is 8.42 Å². The molecule has 0 aliphatic carbocycles. The molecule has 0 aliphatic heterocycles. The Balaban J connectivity index is 1.96. The fourth-order valence-electron chi connectivity index (χ4n) is 2.63. The van der Waals surface area contributed by atoms with Gasteiger partial charge in [-0.2, -0.15) is 0 Å². The van der Waals surface area contributed by atoms with Crippen LogP contribution in [0.2, 0.25) is 0 Å². The van der Waals surface area contributed by atoms with E-state index in [4.69, 9.17) is 0 Å². The highest BCUT2D eigenvalue weighted by Gasteiger charge is 2.19. The summed E-state index contributed by atoms with van der Waals surface area (Å²) in [4.78, 5) is 0.310. The van der Waals surface area contributed by atoms with Gasteiger partial charge in [-0.15, -0.1) is 6.58 Å². The van der Waals surface area contributed by atoms with E-state index in [1.807, 2.05) is 37.3 Å². The standard InChI is InChI=1S/C20H25NO2S/c1-3-8-19(12-7-11-18-9-5-4-6-10-18)21-24(22,23)20-15-13-17(2)14-16-20/h3-6,9-10,13-16,19,21H,1,7-8,11-12H2,2H3. The third kappa shape index (κ3) is 5.62. The molecule has 0 bridgehead atoms. The smallest absolute Gasteiger partial charge is 0.208 e. The van der Waals surface area contributed by atoms with E-state index < -0.39 is 10.0 Å². The minimum atomic E-state index is -3.49. The van der Waals surface area contributed by atoms with Gasteiger partial charge >= 0.3 is 0 Å². The van der Waals surface area contributed by atoms with Crippen LogP contribution in [0.4, 0.5) is 0 Å². The number of benzene rings is 2. The van der Waals surface area contributed by atoms with Crippen LogP contribution < -0.4 is 4.72 Å². The molecule has 0 radical (unpaired) electrons. The lowest BCUT2D eigenvalue weighted by Crippen LogP contribution is -2.34. The molecule has 2 aromatic rings. The summed E-state index contributed by atoms with van der Waals surface area (Å²) in [6.45, 7) is 5.68. The van der Waals surface area contributed by atoms with Crippen molar-refractivity contribution in [1.82, 2.24) is 4.72 Å². The quantitative estimate of drug-likeness (QED) is 0.692. The maximum absolute atomic E-state index is 12.5. The number of hydrogen-bond donors (Lipinski definition) is 1. The molecule has 0 saturated heterocycles. The van der Waals surface area contributed by atoms with E-state index in [0.717, 1.165) is 24.8 Å². The van der Waals surface area contributed by atoms with Crippen LogP contribution in [0.25, 0.3) is 0 Å². The zero-order chi connectivity index (χ0) is 17.4. The monoisotopic (exact) mass is 343 g/mol. The van der Waals surface area contributed by atoms with Crippen LogP contribution in [0.3, 0.4) is 0 Å². The number of aryl methyl sites for hydroxylation is 2. The lowest BCUT2D eigenvalue weighted by Gasteiger charge is -2.17. The van der Waals surface area contributed by atoms with Gasteiger partial charge in [-0.05, 0) is 50.3 Å². The van der Waals surface area contributed by atoms with Gasteiger partial charge in [0.05, 0.1) is 4.90 Å². The molecule has 0 aliphatic rings. The predicted molar refractivity (Wildman–Crippen MR) is 99.5 cm³/mol. The van der Waals surface area contributed by atoms with Crippen molar-refractivity contribution in [2.24, 2.45) is 0 Å². The highest BCUT2D eigenvalue weighted by atomic mass is 32.2. The van der Waals surface area contributed by atoms with E-state index in [9.17, 15) is 8.42 Å². The van der Waals surface area contributed by atoms with Gasteiger partial charge in [0, 0.05) is 6.04 Å². The molecule has 2 rings (SSSR count). The SMILES string of the molecule is C=CCC(CCCc1ccccc1)NS(=O)(=O)c1ccc(C)cc1. The average molecular weight is 343 g/mol. The third-order valence-electron chi connectivity index (χ3n) is 3.97. The van der Waals surface area contributed by atoms with Crippen LogP contribution >= 0.6 is 0 Å². The summed E-state index contributed by atoms with van der Waals surface area (Å²) in [6, 6.07) is 17.0. The first-order chi connectivity index (χ1) is 11.5. The third-order valence-corrected chi connectivity index (χ3v) is 5.50. The van der Waals surface area contributed by atoms with Gasteiger partial charge in [0.25, 0.3) is 0 Å². The summed E-state index contributed by atoms with van der Waals surface area (Å²) >= 11 is 0. The van der Waals surface area contributed by atoms with Crippen LogP contribution in [0.5, 0.6) is 0 Å². The van der Waals surface area contributed by atoms with E-state index in [2.05, 4.69) is 23.4 Å². The highest BCUT2D eigenvalue weighted by molar-refractivity contribution is 7.89. The molecule has 0 fully saturated rings. The Morgan fingerprint density at radius 2 is 1.75 bits per heavy atom. The van der Waals surface area contributed by atoms with Gasteiger partial charge in [0.1, 0.15) is 0 Å². The van der Waals surface area contributed by atoms with Crippen LogP contribution in [-0.4, -0.2) is 14.5 Å². The van der Waals surface area contributed by atoms with E-state index in [1.165, 1.54) is 5.56 Å². The maximum atomic E-state index is 12.5. The summed E-state index contributed by atoms with van der Waals surface area (Å²) < 4.78 is 27.9. The van der Waals surface area contributed by atoms with Crippen molar-refractivity contribution >= 4 is 10.0 Å². The fraction of sp³-hybridized carbons (Fsp3) is 0.300. The van der Waals surface area contributed by atoms with Crippen LogP contribution in [0.1, 0.15) is 30.4 Å². The van der Waals surface area contributed by atoms with E-state index in [-0.39, 0.29) is 6.04 Å². The zero-order valence-electron chi connectivity index (χ0n) is 14.1. The van der Waals surface area contributed by atoms with E-state index in [0.29, 0.717) is 11.3 Å². The van der Waals surface area contributed by atoms with Crippen LogP contribution in [0, 0.1) is 6.92 Å². The molecule has 128 valence electrons. The first-order valence-corrected chi connectivity index (χ1v) is 9.73. The molecule has 1 unspecified atom stereocenters. The van der Waals surface area contributed by atoms with Crippen molar-refractivity contribution in [3.63, 3.8) is 0 Å². The molecule has 0 saturated carbocycles. The first kappa shape index (κ1) is 18.4. The van der Waals surface area contributed by atoms with E-state index >= 15 is 0 Å². The summed E-state index contributed by atoms with van der Waals surface area (Å²) in [5, 5.41) is 0. The Morgan fingerprint density at radius 1 is 1.08 bits per heavy atom. The van der Waals surface area contributed by atoms with Gasteiger partial charge in [0.2, 0.25) is 10.0 Å². The second-order valence-electron chi connectivity index (χ2n) is 6.03. The molecule has 0 aromatic heterocycles. The Hall–Kier alpha value is -1.91. The number of sulfonamides is 1. The lowest BCUT2D eigenvalue weighted by molar-refractivity contribution is 0.517. The Morgan fingerprint density at radius 3 is 2.38 bits per heavy atom. The molecular formula is C20H25NO2S. The fourth-order valence-corrected chi connectivity index (χ4v) is 3.91. The second kappa shape index (κ2) is 8.81. The van der Waals surface area contributed by atoms with E-state index in [1.54, 1.807) is 18.2 Å². The number of rotatable bonds is 9. The Kier molecular flexibility index (Phi) is 6.76. The molecule has 0 amide bonds. The Labute approximate surface area is 145 Å². The minimum absolute atomic E-state index is 0.127. The zero-order valence-corrected chi connectivity index (χ0v) is 14.9. The number of hydrogen-bond acceptors (Lipinski definition) is 2. The molecule has 1 N–H and O–H groups in total. The first-order valence-electron chi connectivity index (χ1n) is 8.25. The molecular weight excluding hydrogens is 318 g/mol. The van der Waals surface area contributed by atoms with Crippen molar-refractivity contribution in [2.75, 3.05) is 0 Å². The van der Waals surface area contributed by atoms with Gasteiger partial charge in [-0.1, -0.05) is 54.1 Å². The van der Waals surface area contributed by atoms with Crippen LogP contribution in [-0.2, 0) is 16.4 Å². The van der Waals surface area contributed by atoms with Gasteiger partial charge in [-0.3, -0.25) is 0 Å². The maximum Gasteiger partial charge on any atom is 0.240 e. The Bertz CT molecular complexity index is 737. The molecule has 0 spiro atoms. The summed E-state index contributed by atoms with van der Waals surface area (Å²) in [7, 11) is -3.49. The van der Waals surface area contributed by atoms with Gasteiger partial charge < -0.3 is 0 Å². The van der Waals surface area contributed by atoms with Gasteiger partial charge in [-0.25, -0.2) is 13.1 Å². The van der Waals surface area contributed by atoms with Crippen LogP contribution in [0.15, 0.2) is 72.1 Å².